The monoisotopic (exact) mass is 619 g/mol. The van der Waals surface area contributed by atoms with Crippen molar-refractivity contribution in [3.05, 3.63) is 69.9 Å². The van der Waals surface area contributed by atoms with Gasteiger partial charge in [-0.25, -0.2) is 9.59 Å². The number of carbonyl (C=O) groups is 1. The average molecular weight is 619 g/mol. The molecule has 150 valence electrons. The van der Waals surface area contributed by atoms with Crippen molar-refractivity contribution in [2.45, 2.75) is 13.0 Å². The van der Waals surface area contributed by atoms with Crippen molar-refractivity contribution in [3.63, 3.8) is 0 Å². The Hall–Kier alpha value is -2.22. The van der Waals surface area contributed by atoms with Crippen molar-refractivity contribution in [2.75, 3.05) is 7.11 Å². The minimum absolute atomic E-state index is 0.369. The third kappa shape index (κ3) is 4.69. The molecule has 29 heavy (non-hydrogen) atoms. The highest BCUT2D eigenvalue weighted by atomic mass is 127. The van der Waals surface area contributed by atoms with Gasteiger partial charge < -0.3 is 14.5 Å². The molecular weight excluding hydrogens is 604 g/mol. The zero-order valence-electron chi connectivity index (χ0n) is 15.3. The Balaban J connectivity index is 1.94. The molecule has 1 aromatic heterocycles. The van der Waals surface area contributed by atoms with E-state index in [0.29, 0.717) is 22.2 Å². The van der Waals surface area contributed by atoms with E-state index in [-0.39, 0.29) is 0 Å². The second-order valence-electron chi connectivity index (χ2n) is 5.93. The van der Waals surface area contributed by atoms with Gasteiger partial charge >= 0.3 is 11.7 Å². The molecule has 0 fully saturated rings. The van der Waals surface area contributed by atoms with E-state index in [1.807, 2.05) is 0 Å². The van der Waals surface area contributed by atoms with Crippen LogP contribution in [0.5, 0.6) is 5.75 Å². The molecule has 1 atom stereocenters. The molecule has 0 aliphatic rings. The predicted molar refractivity (Wildman–Crippen MR) is 126 cm³/mol. The first kappa shape index (κ1) is 21.5. The van der Waals surface area contributed by atoms with E-state index in [4.69, 9.17) is 4.74 Å². The maximum atomic E-state index is 12.5. The lowest BCUT2D eigenvalue weighted by Crippen LogP contribution is -2.32. The summed E-state index contributed by atoms with van der Waals surface area (Å²) in [6.45, 7) is 1.60. The standard InChI is InChI=1S/C19H15I2N3O5/c1-10(18(26)28-2)29-16-13(20)7-11(8-14(16)21)9-22-24-17(25)12-5-3-4-6-15(12)23-19(24)27/h3-10H,1-2H3,(H,23,27)/t10-/m0/s1. The van der Waals surface area contributed by atoms with Gasteiger partial charge in [0, 0.05) is 0 Å². The van der Waals surface area contributed by atoms with Crippen LogP contribution in [0.4, 0.5) is 0 Å². The van der Waals surface area contributed by atoms with Crippen LogP contribution in [0.25, 0.3) is 10.9 Å². The lowest BCUT2D eigenvalue weighted by molar-refractivity contribution is -0.147. The summed E-state index contributed by atoms with van der Waals surface area (Å²) in [6, 6.07) is 10.3. The number of H-pyrrole nitrogens is 1. The number of para-hydroxylation sites is 1. The molecule has 0 amide bonds. The number of halogens is 2. The molecular formula is C19H15I2N3O5. The third-order valence-electron chi connectivity index (χ3n) is 3.95. The summed E-state index contributed by atoms with van der Waals surface area (Å²) in [4.78, 5) is 39.0. The molecule has 0 unspecified atom stereocenters. The van der Waals surface area contributed by atoms with E-state index in [9.17, 15) is 14.4 Å². The summed E-state index contributed by atoms with van der Waals surface area (Å²) in [5.41, 5.74) is -0.00588. The number of ether oxygens (including phenoxy) is 2. The number of rotatable bonds is 5. The SMILES string of the molecule is COC(=O)[C@H](C)Oc1c(I)cc(C=Nn2c(=O)[nH]c3ccccc3c2=O)cc1I. The number of aromatic nitrogens is 2. The molecule has 0 aliphatic heterocycles. The number of hydrogen-bond acceptors (Lipinski definition) is 6. The summed E-state index contributed by atoms with van der Waals surface area (Å²) >= 11 is 4.16. The number of carbonyl (C=O) groups excluding carboxylic acids is 1. The molecule has 10 heteroatoms. The quantitative estimate of drug-likeness (QED) is 0.269. The van der Waals surface area contributed by atoms with Crippen LogP contribution in [0.3, 0.4) is 0 Å². The van der Waals surface area contributed by atoms with Crippen LogP contribution < -0.4 is 16.0 Å². The van der Waals surface area contributed by atoms with Crippen molar-refractivity contribution >= 4 is 68.3 Å². The van der Waals surface area contributed by atoms with Crippen LogP contribution in [0, 0.1) is 7.14 Å². The summed E-state index contributed by atoms with van der Waals surface area (Å²) in [5.74, 6) is 0.0686. The third-order valence-corrected chi connectivity index (χ3v) is 5.56. The van der Waals surface area contributed by atoms with E-state index in [1.165, 1.54) is 13.3 Å². The van der Waals surface area contributed by atoms with E-state index in [0.717, 1.165) is 11.8 Å². The molecule has 0 saturated carbocycles. The Kier molecular flexibility index (Phi) is 6.72. The van der Waals surface area contributed by atoms with Gasteiger partial charge in [-0.15, -0.1) is 4.68 Å². The fourth-order valence-corrected chi connectivity index (χ4v) is 4.61. The summed E-state index contributed by atoms with van der Waals surface area (Å²) in [7, 11) is 1.30. The van der Waals surface area contributed by atoms with Crippen molar-refractivity contribution in [2.24, 2.45) is 5.10 Å². The molecule has 3 aromatic rings. The van der Waals surface area contributed by atoms with E-state index >= 15 is 0 Å². The molecule has 0 aliphatic carbocycles. The minimum atomic E-state index is -0.753. The van der Waals surface area contributed by atoms with Crippen LogP contribution in [0.2, 0.25) is 0 Å². The molecule has 0 bridgehead atoms. The second-order valence-corrected chi connectivity index (χ2v) is 8.26. The van der Waals surface area contributed by atoms with E-state index < -0.39 is 23.3 Å². The number of methoxy groups -OCH3 is 1. The molecule has 8 nitrogen and oxygen atoms in total. The highest BCUT2D eigenvalue weighted by Crippen LogP contribution is 2.29. The number of hydrogen-bond donors (Lipinski definition) is 1. The molecule has 0 saturated heterocycles. The number of nitrogens with one attached hydrogen (secondary N) is 1. The van der Waals surface area contributed by atoms with Gasteiger partial charge in [0.25, 0.3) is 5.56 Å². The van der Waals surface area contributed by atoms with Crippen LogP contribution in [0.15, 0.2) is 51.1 Å². The fourth-order valence-electron chi connectivity index (χ4n) is 2.54. The fraction of sp³-hybridized carbons (Fsp3) is 0.158. The van der Waals surface area contributed by atoms with Crippen LogP contribution in [-0.2, 0) is 9.53 Å². The number of fused-ring (bicyclic) bond motifs is 1. The van der Waals surface area contributed by atoms with Crippen molar-refractivity contribution in [3.8, 4) is 5.75 Å². The Morgan fingerprint density at radius 1 is 1.21 bits per heavy atom. The predicted octanol–water partition coefficient (Wildman–Crippen LogP) is 2.72. The summed E-state index contributed by atoms with van der Waals surface area (Å²) in [5, 5.41) is 4.42. The van der Waals surface area contributed by atoms with E-state index in [1.54, 1.807) is 43.3 Å². The first-order valence-electron chi connectivity index (χ1n) is 8.33. The first-order chi connectivity index (χ1) is 13.8. The number of aromatic amines is 1. The molecule has 2 aromatic carbocycles. The van der Waals surface area contributed by atoms with Crippen molar-refractivity contribution in [1.82, 2.24) is 9.66 Å². The van der Waals surface area contributed by atoms with Crippen molar-refractivity contribution < 1.29 is 14.3 Å². The highest BCUT2D eigenvalue weighted by molar-refractivity contribution is 14.1. The van der Waals surface area contributed by atoms with Gasteiger partial charge in [0.05, 0.1) is 31.4 Å². The molecule has 1 N–H and O–H groups in total. The topological polar surface area (TPSA) is 103 Å². The Morgan fingerprint density at radius 2 is 1.86 bits per heavy atom. The lowest BCUT2D eigenvalue weighted by atomic mass is 10.2. The molecule has 0 spiro atoms. The largest absolute Gasteiger partial charge is 0.477 e. The molecule has 1 heterocycles. The molecule has 3 rings (SSSR count). The van der Waals surface area contributed by atoms with E-state index in [2.05, 4.69) is 60.0 Å². The van der Waals surface area contributed by atoms with Gasteiger partial charge in [0.15, 0.2) is 6.10 Å². The van der Waals surface area contributed by atoms with Gasteiger partial charge in [-0.3, -0.25) is 4.79 Å². The number of benzene rings is 2. The Morgan fingerprint density at radius 3 is 2.52 bits per heavy atom. The van der Waals surface area contributed by atoms with Gasteiger partial charge in [-0.05, 0) is 81.9 Å². The first-order valence-corrected chi connectivity index (χ1v) is 10.5. The normalized spacial score (nSPS) is 12.3. The number of esters is 1. The van der Waals surface area contributed by atoms with Crippen LogP contribution >= 0.6 is 45.2 Å². The van der Waals surface area contributed by atoms with Gasteiger partial charge in [0.1, 0.15) is 5.75 Å². The number of nitrogens with zero attached hydrogens (tertiary/aromatic N) is 2. The zero-order valence-corrected chi connectivity index (χ0v) is 19.6. The van der Waals surface area contributed by atoms with Gasteiger partial charge in [-0.1, -0.05) is 12.1 Å². The van der Waals surface area contributed by atoms with Crippen LogP contribution in [-0.4, -0.2) is 35.1 Å². The van der Waals surface area contributed by atoms with Gasteiger partial charge in [-0.2, -0.15) is 5.10 Å². The minimum Gasteiger partial charge on any atom is -0.477 e. The van der Waals surface area contributed by atoms with Crippen molar-refractivity contribution in [1.29, 1.82) is 0 Å². The average Bonchev–Trinajstić information content (AvgIpc) is 2.69. The lowest BCUT2D eigenvalue weighted by Gasteiger charge is -2.15. The smallest absolute Gasteiger partial charge is 0.349 e. The zero-order chi connectivity index (χ0) is 21.1. The second kappa shape index (κ2) is 9.07. The Labute approximate surface area is 192 Å². The van der Waals surface area contributed by atoms with Gasteiger partial charge in [0.2, 0.25) is 0 Å². The summed E-state index contributed by atoms with van der Waals surface area (Å²) < 4.78 is 12.6. The van der Waals surface area contributed by atoms with Crippen LogP contribution in [0.1, 0.15) is 12.5 Å². The Bertz CT molecular complexity index is 1210. The highest BCUT2D eigenvalue weighted by Gasteiger charge is 2.18. The maximum Gasteiger partial charge on any atom is 0.349 e. The molecule has 0 radical (unpaired) electrons. The maximum absolute atomic E-state index is 12.5. The summed E-state index contributed by atoms with van der Waals surface area (Å²) in [6.07, 6.45) is 0.666.